The molecule has 0 aromatic carbocycles. The Morgan fingerprint density at radius 1 is 1.38 bits per heavy atom. The Kier molecular flexibility index (Phi) is 7.34. The van der Waals surface area contributed by atoms with Gasteiger partial charge in [0.2, 0.25) is 0 Å². The number of ether oxygens (including phenoxy) is 2. The third-order valence-corrected chi connectivity index (χ3v) is 2.58. The van der Waals surface area contributed by atoms with Gasteiger partial charge in [-0.1, -0.05) is 13.8 Å². The summed E-state index contributed by atoms with van der Waals surface area (Å²) in [5.74, 6) is -0.298. The van der Waals surface area contributed by atoms with Crippen LogP contribution in [-0.4, -0.2) is 37.0 Å². The standard InChI is InChI=1S/C12H24O4/c1-10(2)6-5-8-16-12(3,11(13)14)7-9-15-4/h10H,5-9H2,1-4H3,(H,13,14). The molecule has 4 heteroatoms. The summed E-state index contributed by atoms with van der Waals surface area (Å²) in [6.45, 7) is 6.77. The van der Waals surface area contributed by atoms with Crippen LogP contribution in [-0.2, 0) is 14.3 Å². The minimum Gasteiger partial charge on any atom is -0.479 e. The van der Waals surface area contributed by atoms with E-state index in [9.17, 15) is 4.79 Å². The molecule has 4 nitrogen and oxygen atoms in total. The minimum atomic E-state index is -1.12. The van der Waals surface area contributed by atoms with E-state index in [2.05, 4.69) is 13.8 Å². The van der Waals surface area contributed by atoms with Gasteiger partial charge in [-0.3, -0.25) is 0 Å². The fraction of sp³-hybridized carbons (Fsp3) is 0.917. The van der Waals surface area contributed by atoms with E-state index in [4.69, 9.17) is 14.6 Å². The number of carboxylic acids is 1. The molecule has 0 fully saturated rings. The molecule has 0 spiro atoms. The maximum atomic E-state index is 11.1. The van der Waals surface area contributed by atoms with Gasteiger partial charge in [-0.05, 0) is 25.7 Å². The van der Waals surface area contributed by atoms with E-state index in [1.807, 2.05) is 0 Å². The summed E-state index contributed by atoms with van der Waals surface area (Å²) in [4.78, 5) is 11.1. The average Bonchev–Trinajstić information content (AvgIpc) is 2.21. The smallest absolute Gasteiger partial charge is 0.335 e. The highest BCUT2D eigenvalue weighted by atomic mass is 16.5. The second kappa shape index (κ2) is 7.63. The maximum Gasteiger partial charge on any atom is 0.335 e. The topological polar surface area (TPSA) is 55.8 Å². The van der Waals surface area contributed by atoms with Crippen LogP contribution < -0.4 is 0 Å². The Bertz CT molecular complexity index is 203. The summed E-state index contributed by atoms with van der Waals surface area (Å²) in [7, 11) is 1.56. The van der Waals surface area contributed by atoms with Gasteiger partial charge in [-0.25, -0.2) is 4.79 Å². The molecule has 0 radical (unpaired) electrons. The normalized spacial score (nSPS) is 15.1. The van der Waals surface area contributed by atoms with E-state index in [-0.39, 0.29) is 0 Å². The molecule has 0 aliphatic rings. The molecule has 0 heterocycles. The van der Waals surface area contributed by atoms with Crippen LogP contribution in [0.3, 0.4) is 0 Å². The van der Waals surface area contributed by atoms with E-state index in [0.717, 1.165) is 12.8 Å². The second-order valence-corrected chi connectivity index (χ2v) is 4.66. The third-order valence-electron chi connectivity index (χ3n) is 2.58. The number of rotatable bonds is 9. The molecule has 0 rings (SSSR count). The molecule has 16 heavy (non-hydrogen) atoms. The number of methoxy groups -OCH3 is 1. The van der Waals surface area contributed by atoms with Crippen molar-refractivity contribution in [2.75, 3.05) is 20.3 Å². The van der Waals surface area contributed by atoms with E-state index in [1.54, 1.807) is 14.0 Å². The van der Waals surface area contributed by atoms with Gasteiger partial charge < -0.3 is 14.6 Å². The van der Waals surface area contributed by atoms with E-state index < -0.39 is 11.6 Å². The number of carboxylic acid groups (broad SMARTS) is 1. The van der Waals surface area contributed by atoms with Gasteiger partial charge in [0.1, 0.15) is 0 Å². The van der Waals surface area contributed by atoms with E-state index in [1.165, 1.54) is 0 Å². The molecule has 1 atom stereocenters. The molecule has 1 N–H and O–H groups in total. The van der Waals surface area contributed by atoms with Crippen molar-refractivity contribution in [3.8, 4) is 0 Å². The zero-order valence-corrected chi connectivity index (χ0v) is 10.8. The Hall–Kier alpha value is -0.610. The van der Waals surface area contributed by atoms with Crippen molar-refractivity contribution in [3.05, 3.63) is 0 Å². The first-order valence-electron chi connectivity index (χ1n) is 5.78. The van der Waals surface area contributed by atoms with E-state index >= 15 is 0 Å². The van der Waals surface area contributed by atoms with Gasteiger partial charge in [-0.15, -0.1) is 0 Å². The first-order chi connectivity index (χ1) is 7.42. The Morgan fingerprint density at radius 3 is 2.44 bits per heavy atom. The van der Waals surface area contributed by atoms with Crippen LogP contribution in [0.1, 0.15) is 40.0 Å². The molecular weight excluding hydrogens is 208 g/mol. The summed E-state index contributed by atoms with van der Waals surface area (Å²) >= 11 is 0. The summed E-state index contributed by atoms with van der Waals surface area (Å²) < 4.78 is 10.4. The maximum absolute atomic E-state index is 11.1. The first-order valence-corrected chi connectivity index (χ1v) is 5.78. The fourth-order valence-electron chi connectivity index (χ4n) is 1.33. The van der Waals surface area contributed by atoms with Gasteiger partial charge in [0.05, 0.1) is 0 Å². The molecule has 0 aliphatic heterocycles. The molecule has 0 aromatic rings. The third kappa shape index (κ3) is 6.08. The zero-order chi connectivity index (χ0) is 12.6. The van der Waals surface area contributed by atoms with Crippen molar-refractivity contribution >= 4 is 5.97 Å². The van der Waals surface area contributed by atoms with Gasteiger partial charge in [0.15, 0.2) is 5.60 Å². The molecule has 0 saturated carbocycles. The first kappa shape index (κ1) is 15.4. The number of hydrogen-bond acceptors (Lipinski definition) is 3. The zero-order valence-electron chi connectivity index (χ0n) is 10.8. The van der Waals surface area contributed by atoms with Gasteiger partial charge >= 0.3 is 5.97 Å². The van der Waals surface area contributed by atoms with Gasteiger partial charge in [-0.2, -0.15) is 0 Å². The van der Waals surface area contributed by atoms with Gasteiger partial charge in [0, 0.05) is 26.7 Å². The molecular formula is C12H24O4. The summed E-state index contributed by atoms with van der Waals surface area (Å²) in [6.07, 6.45) is 2.33. The molecule has 0 aromatic heterocycles. The van der Waals surface area contributed by atoms with Crippen LogP contribution in [0.15, 0.2) is 0 Å². The fourth-order valence-corrected chi connectivity index (χ4v) is 1.33. The van der Waals surface area contributed by atoms with Crippen molar-refractivity contribution in [1.29, 1.82) is 0 Å². The van der Waals surface area contributed by atoms with Crippen LogP contribution in [0, 0.1) is 5.92 Å². The molecule has 96 valence electrons. The average molecular weight is 232 g/mol. The Balaban J connectivity index is 3.98. The number of hydrogen-bond donors (Lipinski definition) is 1. The summed E-state index contributed by atoms with van der Waals surface area (Å²) in [5.41, 5.74) is -1.12. The lowest BCUT2D eigenvalue weighted by atomic mass is 10.0. The highest BCUT2D eigenvalue weighted by Crippen LogP contribution is 2.17. The number of aliphatic carboxylic acids is 1. The highest BCUT2D eigenvalue weighted by Gasteiger charge is 2.33. The minimum absolute atomic E-state index is 0.376. The number of carbonyl (C=O) groups is 1. The molecule has 0 amide bonds. The van der Waals surface area contributed by atoms with Crippen LogP contribution in [0.4, 0.5) is 0 Å². The predicted molar refractivity (Wildman–Crippen MR) is 62.6 cm³/mol. The predicted octanol–water partition coefficient (Wildman–Crippen LogP) is 2.32. The van der Waals surface area contributed by atoms with Crippen LogP contribution >= 0.6 is 0 Å². The molecule has 1 unspecified atom stereocenters. The molecule has 0 bridgehead atoms. The van der Waals surface area contributed by atoms with Crippen LogP contribution in [0.5, 0.6) is 0 Å². The lowest BCUT2D eigenvalue weighted by Crippen LogP contribution is -2.39. The van der Waals surface area contributed by atoms with Crippen LogP contribution in [0.25, 0.3) is 0 Å². The van der Waals surface area contributed by atoms with Gasteiger partial charge in [0.25, 0.3) is 0 Å². The van der Waals surface area contributed by atoms with Crippen molar-refractivity contribution in [3.63, 3.8) is 0 Å². The molecule has 0 saturated heterocycles. The monoisotopic (exact) mass is 232 g/mol. The Morgan fingerprint density at radius 2 is 2.00 bits per heavy atom. The quantitative estimate of drug-likeness (QED) is 0.620. The highest BCUT2D eigenvalue weighted by molar-refractivity contribution is 5.76. The van der Waals surface area contributed by atoms with Crippen molar-refractivity contribution < 1.29 is 19.4 Å². The van der Waals surface area contributed by atoms with Crippen LogP contribution in [0.2, 0.25) is 0 Å². The van der Waals surface area contributed by atoms with Crippen molar-refractivity contribution in [2.24, 2.45) is 5.92 Å². The SMILES string of the molecule is COCCC(C)(OCCCC(C)C)C(=O)O. The van der Waals surface area contributed by atoms with Crippen molar-refractivity contribution in [1.82, 2.24) is 0 Å². The second-order valence-electron chi connectivity index (χ2n) is 4.66. The van der Waals surface area contributed by atoms with Crippen molar-refractivity contribution in [2.45, 2.75) is 45.6 Å². The summed E-state index contributed by atoms with van der Waals surface area (Å²) in [6, 6.07) is 0. The summed E-state index contributed by atoms with van der Waals surface area (Å²) in [5, 5.41) is 9.09. The Labute approximate surface area is 97.9 Å². The van der Waals surface area contributed by atoms with E-state index in [0.29, 0.717) is 25.6 Å². The molecule has 0 aliphatic carbocycles. The largest absolute Gasteiger partial charge is 0.479 e. The lowest BCUT2D eigenvalue weighted by molar-refractivity contribution is -0.166. The lowest BCUT2D eigenvalue weighted by Gasteiger charge is -2.25.